The van der Waals surface area contributed by atoms with Crippen molar-refractivity contribution in [3.05, 3.63) is 104 Å². The minimum Gasteiger partial charge on any atom is -0.304 e. The Morgan fingerprint density at radius 1 is 1.07 bits per heavy atom. The second-order valence-electron chi connectivity index (χ2n) is 9.90. The Morgan fingerprint density at radius 3 is 2.60 bits per heavy atom. The molecule has 15 nitrogen and oxygen atoms in total. The van der Waals surface area contributed by atoms with E-state index >= 15 is 4.39 Å². The van der Waals surface area contributed by atoms with Crippen LogP contribution in [0.5, 0.6) is 0 Å². The Hall–Kier alpha value is -5.90. The molecule has 0 fully saturated rings. The number of carbonyl (C=O) groups excluding carboxylic acids is 1. The number of H-pyrrole nitrogens is 3. The number of hydrogen-bond donors (Lipinski definition) is 4. The number of rotatable bonds is 6. The predicted molar refractivity (Wildman–Crippen MR) is 154 cm³/mol. The second-order valence-corrected chi connectivity index (χ2v) is 9.90. The van der Waals surface area contributed by atoms with E-state index in [-0.39, 0.29) is 22.5 Å². The second kappa shape index (κ2) is 10.5. The summed E-state index contributed by atoms with van der Waals surface area (Å²) in [6.07, 6.45) is 3.29. The Kier molecular flexibility index (Phi) is 6.66. The first kappa shape index (κ1) is 27.3. The summed E-state index contributed by atoms with van der Waals surface area (Å²) < 4.78 is 18.5. The quantitative estimate of drug-likeness (QED) is 0.228. The number of nitrogens with one attached hydrogen (secondary N) is 4. The number of nitrogens with zero attached hydrogens (tertiary/aromatic N) is 7. The molecule has 218 valence electrons. The number of carbonyl (C=O) groups is 1. The number of anilines is 1. The van der Waals surface area contributed by atoms with Crippen molar-refractivity contribution in [1.29, 1.82) is 0 Å². The fourth-order valence-electron chi connectivity index (χ4n) is 4.69. The fraction of sp³-hybridized carbons (Fsp3) is 0.148. The molecule has 0 saturated heterocycles. The number of aromatic nitrogens is 9. The van der Waals surface area contributed by atoms with Gasteiger partial charge >= 0.3 is 17.4 Å². The monoisotopic (exact) mass is 585 g/mol. The first-order chi connectivity index (χ1) is 20.6. The molecule has 0 aliphatic heterocycles. The molecule has 6 aromatic rings. The summed E-state index contributed by atoms with van der Waals surface area (Å²) in [5.41, 5.74) is -1.05. The van der Waals surface area contributed by atoms with Crippen molar-refractivity contribution in [2.75, 3.05) is 19.4 Å². The molecule has 6 rings (SSSR count). The van der Waals surface area contributed by atoms with Crippen molar-refractivity contribution < 1.29 is 9.18 Å². The van der Waals surface area contributed by atoms with Crippen molar-refractivity contribution >= 4 is 22.8 Å². The number of amides is 1. The van der Waals surface area contributed by atoms with Gasteiger partial charge in [0.2, 0.25) is 0 Å². The zero-order valence-electron chi connectivity index (χ0n) is 23.0. The molecule has 0 radical (unpaired) electrons. The molecule has 4 aromatic heterocycles. The van der Waals surface area contributed by atoms with Crippen LogP contribution < -0.4 is 22.3 Å². The molecule has 2 aromatic carbocycles. The van der Waals surface area contributed by atoms with E-state index in [1.165, 1.54) is 16.8 Å². The van der Waals surface area contributed by atoms with Crippen molar-refractivity contribution in [2.45, 2.75) is 13.5 Å². The summed E-state index contributed by atoms with van der Waals surface area (Å²) in [6.45, 7) is 2.11. The first-order valence-corrected chi connectivity index (χ1v) is 12.9. The molecule has 0 bridgehead atoms. The molecule has 1 amide bonds. The van der Waals surface area contributed by atoms with Gasteiger partial charge in [-0.3, -0.25) is 9.89 Å². The van der Waals surface area contributed by atoms with Gasteiger partial charge in [0.1, 0.15) is 11.6 Å². The number of imidazole rings is 1. The molecule has 4 heterocycles. The average molecular weight is 586 g/mol. The summed E-state index contributed by atoms with van der Waals surface area (Å²) >= 11 is 0. The lowest BCUT2D eigenvalue weighted by Crippen LogP contribution is -2.42. The molecule has 43 heavy (non-hydrogen) atoms. The summed E-state index contributed by atoms with van der Waals surface area (Å²) in [7, 11) is 3.77. The van der Waals surface area contributed by atoms with Crippen LogP contribution in [0.4, 0.5) is 14.9 Å². The lowest BCUT2D eigenvalue weighted by atomic mass is 10.2. The largest absolute Gasteiger partial charge is 0.361 e. The highest BCUT2D eigenvalue weighted by Crippen LogP contribution is 2.22. The third-order valence-corrected chi connectivity index (χ3v) is 6.62. The zero-order valence-corrected chi connectivity index (χ0v) is 23.0. The minimum atomic E-state index is -1.16. The van der Waals surface area contributed by atoms with Gasteiger partial charge in [-0.05, 0) is 45.3 Å². The standard InChI is InChI=1S/C27H24FN11O4/c1-14-21-22(39(35-14)17-6-4-5-15(11-17)23-32-25(41)34-33-23)24(40)38(27(43)31-21)26(42)30-19-8-7-16(12-18(19)28)37-10-9-29-20(37)13-36(2)3/h4-12H,13H2,1-3H3,(H,30,42)(H,31,43)(H2,32,33,34,41). The summed E-state index contributed by atoms with van der Waals surface area (Å²) in [6, 6.07) is 9.58. The van der Waals surface area contributed by atoms with Crippen LogP contribution in [0.1, 0.15) is 11.5 Å². The van der Waals surface area contributed by atoms with E-state index in [9.17, 15) is 19.2 Å². The Bertz CT molecular complexity index is 2200. The third-order valence-electron chi connectivity index (χ3n) is 6.62. The normalized spacial score (nSPS) is 11.5. The van der Waals surface area contributed by atoms with E-state index in [1.54, 1.807) is 54.2 Å². The van der Waals surface area contributed by atoms with Crippen molar-refractivity contribution in [1.82, 2.24) is 49.0 Å². The van der Waals surface area contributed by atoms with E-state index in [4.69, 9.17) is 0 Å². The van der Waals surface area contributed by atoms with Gasteiger partial charge in [-0.2, -0.15) is 14.6 Å². The molecule has 4 N–H and O–H groups in total. The van der Waals surface area contributed by atoms with Gasteiger partial charge in [-0.1, -0.05) is 12.1 Å². The van der Waals surface area contributed by atoms with Crippen molar-refractivity contribution in [2.24, 2.45) is 0 Å². The highest BCUT2D eigenvalue weighted by atomic mass is 19.1. The summed E-state index contributed by atoms with van der Waals surface area (Å²) in [4.78, 5) is 63.8. The van der Waals surface area contributed by atoms with Crippen LogP contribution in [0.25, 0.3) is 33.8 Å². The average Bonchev–Trinajstić information content (AvgIpc) is 3.69. The van der Waals surface area contributed by atoms with Crippen LogP contribution in [-0.4, -0.2) is 69.1 Å². The van der Waals surface area contributed by atoms with Gasteiger partial charge in [-0.25, -0.2) is 33.5 Å². The molecular formula is C27H24FN11O4. The van der Waals surface area contributed by atoms with Gasteiger partial charge in [0.05, 0.1) is 29.1 Å². The first-order valence-electron chi connectivity index (χ1n) is 12.9. The third kappa shape index (κ3) is 4.95. The van der Waals surface area contributed by atoms with Gasteiger partial charge in [-0.15, -0.1) is 0 Å². The van der Waals surface area contributed by atoms with Crippen LogP contribution >= 0.6 is 0 Å². The maximum absolute atomic E-state index is 15.2. The van der Waals surface area contributed by atoms with Crippen LogP contribution in [0, 0.1) is 12.7 Å². The van der Waals surface area contributed by atoms with Gasteiger partial charge in [0, 0.05) is 29.7 Å². The van der Waals surface area contributed by atoms with E-state index in [0.29, 0.717) is 39.6 Å². The fourth-order valence-corrected chi connectivity index (χ4v) is 4.69. The molecule has 0 aliphatic carbocycles. The topological polar surface area (TPSA) is 184 Å². The smallest absolute Gasteiger partial charge is 0.304 e. The molecular weight excluding hydrogens is 561 g/mol. The summed E-state index contributed by atoms with van der Waals surface area (Å²) in [5.74, 6) is 0.165. The lowest BCUT2D eigenvalue weighted by molar-refractivity contribution is 0.252. The Morgan fingerprint density at radius 2 is 1.88 bits per heavy atom. The predicted octanol–water partition coefficient (Wildman–Crippen LogP) is 1.73. The SMILES string of the molecule is Cc1nn(-c2cccc(-c3nc(=O)[nH][nH]3)c2)c2c(=O)n(C(=O)Nc3ccc(-n4ccnc4CN(C)C)cc3F)c(=O)[nH]c12. The highest BCUT2D eigenvalue weighted by molar-refractivity contribution is 5.92. The molecule has 0 spiro atoms. The molecule has 16 heteroatoms. The van der Waals surface area contributed by atoms with E-state index < -0.39 is 28.8 Å². The molecule has 0 aliphatic rings. The number of halogens is 1. The van der Waals surface area contributed by atoms with Crippen LogP contribution in [0.3, 0.4) is 0 Å². The number of hydrogen-bond acceptors (Lipinski definition) is 8. The number of benzene rings is 2. The van der Waals surface area contributed by atoms with Crippen molar-refractivity contribution in [3.63, 3.8) is 0 Å². The highest BCUT2D eigenvalue weighted by Gasteiger charge is 2.22. The summed E-state index contributed by atoms with van der Waals surface area (Å²) in [5, 5.41) is 11.7. The maximum Gasteiger partial charge on any atom is 0.361 e. The van der Waals surface area contributed by atoms with Crippen LogP contribution in [-0.2, 0) is 6.54 Å². The van der Waals surface area contributed by atoms with E-state index in [0.717, 1.165) is 0 Å². The number of fused-ring (bicyclic) bond motifs is 1. The Labute approximate surface area is 240 Å². The van der Waals surface area contributed by atoms with Crippen LogP contribution in [0.15, 0.2) is 69.2 Å². The zero-order chi connectivity index (χ0) is 30.4. The van der Waals surface area contributed by atoms with Gasteiger partial charge in [0.25, 0.3) is 5.56 Å². The van der Waals surface area contributed by atoms with Crippen LogP contribution in [0.2, 0.25) is 0 Å². The molecule has 0 atom stereocenters. The minimum absolute atomic E-state index is 0.0933. The van der Waals surface area contributed by atoms with Crippen molar-refractivity contribution in [3.8, 4) is 22.8 Å². The number of aromatic amines is 3. The van der Waals surface area contributed by atoms with E-state index in [1.807, 2.05) is 19.0 Å². The van der Waals surface area contributed by atoms with Gasteiger partial charge < -0.3 is 19.8 Å². The molecule has 0 unspecified atom stereocenters. The number of aryl methyl sites for hydroxylation is 1. The Balaban J connectivity index is 1.36. The van der Waals surface area contributed by atoms with Gasteiger partial charge in [0.15, 0.2) is 11.3 Å². The lowest BCUT2D eigenvalue weighted by Gasteiger charge is -2.13. The van der Waals surface area contributed by atoms with E-state index in [2.05, 4.69) is 35.6 Å². The maximum atomic E-state index is 15.2. The molecule has 0 saturated carbocycles.